The van der Waals surface area contributed by atoms with E-state index in [9.17, 15) is 5.11 Å². The Morgan fingerprint density at radius 2 is 2.13 bits per heavy atom. The molecule has 0 aliphatic rings. The van der Waals surface area contributed by atoms with Gasteiger partial charge < -0.3 is 14.4 Å². The number of aliphatic hydroxyl groups is 1. The highest BCUT2D eigenvalue weighted by Gasteiger charge is 2.14. The first-order valence-electron chi connectivity index (χ1n) is 4.95. The monoisotopic (exact) mass is 205 g/mol. The standard InChI is InChI=1S/C12H15NO2/c1-8(14)9-7-13(2)10-5-4-6-11(15-3)12(9)10/h4-8,14H,1-3H3/t8-/m0/s1. The number of aryl methyl sites for hydroxylation is 1. The van der Waals surface area contributed by atoms with E-state index in [0.717, 1.165) is 22.2 Å². The molecule has 0 amide bonds. The molecule has 0 bridgehead atoms. The van der Waals surface area contributed by atoms with Gasteiger partial charge in [-0.05, 0) is 19.1 Å². The summed E-state index contributed by atoms with van der Waals surface area (Å²) in [5.41, 5.74) is 1.98. The second-order valence-electron chi connectivity index (χ2n) is 3.73. The van der Waals surface area contributed by atoms with Gasteiger partial charge in [0.25, 0.3) is 0 Å². The largest absolute Gasteiger partial charge is 0.496 e. The smallest absolute Gasteiger partial charge is 0.128 e. The quantitative estimate of drug-likeness (QED) is 0.815. The highest BCUT2D eigenvalue weighted by Crippen LogP contribution is 2.33. The van der Waals surface area contributed by atoms with Crippen LogP contribution in [0.3, 0.4) is 0 Å². The van der Waals surface area contributed by atoms with Gasteiger partial charge in [0.05, 0.1) is 18.7 Å². The van der Waals surface area contributed by atoms with E-state index < -0.39 is 6.10 Å². The zero-order valence-corrected chi connectivity index (χ0v) is 9.19. The van der Waals surface area contributed by atoms with Gasteiger partial charge in [0, 0.05) is 24.2 Å². The van der Waals surface area contributed by atoms with Crippen LogP contribution >= 0.6 is 0 Å². The van der Waals surface area contributed by atoms with Gasteiger partial charge in [-0.1, -0.05) is 6.07 Å². The normalized spacial score (nSPS) is 13.1. The van der Waals surface area contributed by atoms with Crippen molar-refractivity contribution in [2.24, 2.45) is 7.05 Å². The SMILES string of the molecule is COc1cccc2c1c([C@H](C)O)cn2C. The Hall–Kier alpha value is -1.48. The molecule has 0 spiro atoms. The van der Waals surface area contributed by atoms with Crippen LogP contribution in [0.15, 0.2) is 24.4 Å². The molecule has 0 fully saturated rings. The number of nitrogens with zero attached hydrogens (tertiary/aromatic N) is 1. The second kappa shape index (κ2) is 3.59. The molecule has 3 nitrogen and oxygen atoms in total. The Morgan fingerprint density at radius 1 is 1.40 bits per heavy atom. The van der Waals surface area contributed by atoms with Crippen molar-refractivity contribution < 1.29 is 9.84 Å². The van der Waals surface area contributed by atoms with Gasteiger partial charge in [-0.2, -0.15) is 0 Å². The molecule has 2 rings (SSSR count). The molecule has 1 atom stereocenters. The average molecular weight is 205 g/mol. The Kier molecular flexibility index (Phi) is 2.40. The molecule has 1 N–H and O–H groups in total. The maximum Gasteiger partial charge on any atom is 0.128 e. The number of ether oxygens (including phenoxy) is 1. The average Bonchev–Trinajstić information content (AvgIpc) is 2.56. The Bertz CT molecular complexity index is 486. The molecule has 3 heteroatoms. The first-order chi connectivity index (χ1) is 7.15. The van der Waals surface area contributed by atoms with Crippen molar-refractivity contribution in [2.75, 3.05) is 7.11 Å². The zero-order chi connectivity index (χ0) is 11.0. The van der Waals surface area contributed by atoms with Crippen LogP contribution in [0.2, 0.25) is 0 Å². The predicted octanol–water partition coefficient (Wildman–Crippen LogP) is 2.24. The minimum absolute atomic E-state index is 0.481. The fraction of sp³-hybridized carbons (Fsp3) is 0.333. The van der Waals surface area contributed by atoms with Gasteiger partial charge >= 0.3 is 0 Å². The molecular formula is C12H15NO2. The van der Waals surface area contributed by atoms with E-state index in [2.05, 4.69) is 0 Å². The van der Waals surface area contributed by atoms with E-state index in [1.165, 1.54) is 0 Å². The Labute approximate surface area is 88.9 Å². The summed E-state index contributed by atoms with van der Waals surface area (Å²) in [4.78, 5) is 0. The lowest BCUT2D eigenvalue weighted by molar-refractivity contribution is 0.200. The number of hydrogen-bond acceptors (Lipinski definition) is 2. The number of aliphatic hydroxyl groups excluding tert-OH is 1. The van der Waals surface area contributed by atoms with Crippen molar-refractivity contribution >= 4 is 10.9 Å². The number of methoxy groups -OCH3 is 1. The van der Waals surface area contributed by atoms with Crippen LogP contribution in [0.5, 0.6) is 5.75 Å². The topological polar surface area (TPSA) is 34.4 Å². The van der Waals surface area contributed by atoms with Crippen LogP contribution < -0.4 is 4.74 Å². The van der Waals surface area contributed by atoms with Gasteiger partial charge in [-0.15, -0.1) is 0 Å². The summed E-state index contributed by atoms with van der Waals surface area (Å²) < 4.78 is 7.31. The molecule has 0 aliphatic heterocycles. The van der Waals surface area contributed by atoms with Crippen molar-refractivity contribution in [1.82, 2.24) is 4.57 Å². The van der Waals surface area contributed by atoms with Crippen LogP contribution in [0.4, 0.5) is 0 Å². The van der Waals surface area contributed by atoms with Crippen LogP contribution in [-0.2, 0) is 7.05 Å². The molecule has 0 unspecified atom stereocenters. The maximum atomic E-state index is 9.69. The molecule has 1 aromatic carbocycles. The summed E-state index contributed by atoms with van der Waals surface area (Å²) >= 11 is 0. The molecule has 0 saturated carbocycles. The predicted molar refractivity (Wildman–Crippen MR) is 60.1 cm³/mol. The minimum Gasteiger partial charge on any atom is -0.496 e. The highest BCUT2D eigenvalue weighted by molar-refractivity contribution is 5.90. The molecule has 2 aromatic rings. The van der Waals surface area contributed by atoms with Crippen LogP contribution in [0.1, 0.15) is 18.6 Å². The minimum atomic E-state index is -0.481. The second-order valence-corrected chi connectivity index (χ2v) is 3.73. The fourth-order valence-electron chi connectivity index (χ4n) is 1.93. The molecule has 0 aliphatic carbocycles. The first kappa shape index (κ1) is 10.1. The summed E-state index contributed by atoms with van der Waals surface area (Å²) in [5, 5.41) is 10.7. The summed E-state index contributed by atoms with van der Waals surface area (Å²) in [7, 11) is 3.61. The highest BCUT2D eigenvalue weighted by atomic mass is 16.5. The van der Waals surface area contributed by atoms with E-state index in [1.807, 2.05) is 36.0 Å². The van der Waals surface area contributed by atoms with Crippen molar-refractivity contribution in [3.63, 3.8) is 0 Å². The number of rotatable bonds is 2. The lowest BCUT2D eigenvalue weighted by Gasteiger charge is -2.06. The number of aromatic nitrogens is 1. The first-order valence-corrected chi connectivity index (χ1v) is 4.95. The fourth-order valence-corrected chi connectivity index (χ4v) is 1.93. The van der Waals surface area contributed by atoms with E-state index in [1.54, 1.807) is 14.0 Å². The van der Waals surface area contributed by atoms with Gasteiger partial charge in [-0.3, -0.25) is 0 Å². The molecule has 1 heterocycles. The number of benzene rings is 1. The lowest BCUT2D eigenvalue weighted by atomic mass is 10.1. The molecule has 0 saturated heterocycles. The van der Waals surface area contributed by atoms with Gasteiger partial charge in [-0.25, -0.2) is 0 Å². The number of hydrogen-bond donors (Lipinski definition) is 1. The van der Waals surface area contributed by atoms with Gasteiger partial charge in [0.2, 0.25) is 0 Å². The van der Waals surface area contributed by atoms with Crippen LogP contribution in [-0.4, -0.2) is 16.8 Å². The summed E-state index contributed by atoms with van der Waals surface area (Å²) in [5.74, 6) is 0.809. The van der Waals surface area contributed by atoms with Crippen molar-refractivity contribution in [1.29, 1.82) is 0 Å². The third-order valence-electron chi connectivity index (χ3n) is 2.68. The van der Waals surface area contributed by atoms with E-state index >= 15 is 0 Å². The van der Waals surface area contributed by atoms with E-state index in [0.29, 0.717) is 0 Å². The summed E-state index contributed by atoms with van der Waals surface area (Å²) in [6, 6.07) is 5.88. The number of fused-ring (bicyclic) bond motifs is 1. The lowest BCUT2D eigenvalue weighted by Crippen LogP contribution is -1.90. The molecule has 1 aromatic heterocycles. The maximum absolute atomic E-state index is 9.69. The van der Waals surface area contributed by atoms with E-state index in [-0.39, 0.29) is 0 Å². The van der Waals surface area contributed by atoms with Gasteiger partial charge in [0.15, 0.2) is 0 Å². The zero-order valence-electron chi connectivity index (χ0n) is 9.19. The van der Waals surface area contributed by atoms with Crippen molar-refractivity contribution in [3.8, 4) is 5.75 Å². The molecule has 0 radical (unpaired) electrons. The Balaban J connectivity index is 2.82. The third-order valence-corrected chi connectivity index (χ3v) is 2.68. The van der Waals surface area contributed by atoms with Gasteiger partial charge in [0.1, 0.15) is 5.75 Å². The molecule has 80 valence electrons. The van der Waals surface area contributed by atoms with Crippen molar-refractivity contribution in [3.05, 3.63) is 30.0 Å². The summed E-state index contributed by atoms with van der Waals surface area (Å²) in [6.07, 6.45) is 1.46. The van der Waals surface area contributed by atoms with E-state index in [4.69, 9.17) is 4.74 Å². The van der Waals surface area contributed by atoms with Crippen LogP contribution in [0, 0.1) is 0 Å². The Morgan fingerprint density at radius 3 is 2.73 bits per heavy atom. The third kappa shape index (κ3) is 1.49. The van der Waals surface area contributed by atoms with Crippen molar-refractivity contribution in [2.45, 2.75) is 13.0 Å². The van der Waals surface area contributed by atoms with Crippen LogP contribution in [0.25, 0.3) is 10.9 Å². The summed E-state index contributed by atoms with van der Waals surface area (Å²) in [6.45, 7) is 1.77. The molecular weight excluding hydrogens is 190 g/mol. The molecule has 15 heavy (non-hydrogen) atoms.